The van der Waals surface area contributed by atoms with E-state index in [0.29, 0.717) is 0 Å². The summed E-state index contributed by atoms with van der Waals surface area (Å²) in [7, 11) is 0. The SMILES string of the molecule is O=C(NCC(O)C(F)F)c1cccc(=O)[nH]1. The molecule has 3 N–H and O–H groups in total. The second-order valence-corrected chi connectivity index (χ2v) is 3.04. The van der Waals surface area contributed by atoms with E-state index in [1.807, 2.05) is 0 Å². The number of amides is 1. The number of aromatic amines is 1. The molecule has 0 aliphatic carbocycles. The maximum Gasteiger partial charge on any atom is 0.267 e. The molecule has 1 unspecified atom stereocenters. The molecule has 0 aliphatic rings. The molecule has 7 heteroatoms. The number of aliphatic hydroxyl groups excluding tert-OH is 1. The molecule has 1 aromatic rings. The van der Waals surface area contributed by atoms with Gasteiger partial charge in [0.1, 0.15) is 11.8 Å². The molecule has 16 heavy (non-hydrogen) atoms. The van der Waals surface area contributed by atoms with Gasteiger partial charge in [0.2, 0.25) is 5.56 Å². The maximum absolute atomic E-state index is 11.9. The zero-order valence-corrected chi connectivity index (χ0v) is 8.11. The maximum atomic E-state index is 11.9. The lowest BCUT2D eigenvalue weighted by Gasteiger charge is -2.10. The van der Waals surface area contributed by atoms with Gasteiger partial charge >= 0.3 is 0 Å². The highest BCUT2D eigenvalue weighted by molar-refractivity contribution is 5.92. The summed E-state index contributed by atoms with van der Waals surface area (Å²) in [5.74, 6) is -0.725. The third-order valence-electron chi connectivity index (χ3n) is 1.78. The number of nitrogens with one attached hydrogen (secondary N) is 2. The number of H-pyrrole nitrogens is 1. The van der Waals surface area contributed by atoms with E-state index in [1.165, 1.54) is 18.2 Å². The minimum Gasteiger partial charge on any atom is -0.385 e. The normalized spacial score (nSPS) is 12.5. The van der Waals surface area contributed by atoms with E-state index in [9.17, 15) is 18.4 Å². The first-order chi connectivity index (χ1) is 7.50. The predicted molar refractivity (Wildman–Crippen MR) is 51.4 cm³/mol. The van der Waals surface area contributed by atoms with Gasteiger partial charge in [0.05, 0.1) is 0 Å². The van der Waals surface area contributed by atoms with E-state index < -0.39 is 30.5 Å². The van der Waals surface area contributed by atoms with Gasteiger partial charge in [-0.25, -0.2) is 8.78 Å². The average molecular weight is 232 g/mol. The summed E-state index contributed by atoms with van der Waals surface area (Å²) in [6, 6.07) is 3.90. The van der Waals surface area contributed by atoms with Gasteiger partial charge in [-0.2, -0.15) is 0 Å². The standard InChI is InChI=1S/C9H10F2N2O3/c10-8(11)6(14)4-12-9(16)5-2-1-3-7(15)13-5/h1-3,6,8,14H,4H2,(H,12,16)(H,13,15). The highest BCUT2D eigenvalue weighted by Gasteiger charge is 2.17. The minimum atomic E-state index is -2.92. The van der Waals surface area contributed by atoms with Crippen molar-refractivity contribution in [2.45, 2.75) is 12.5 Å². The van der Waals surface area contributed by atoms with Crippen molar-refractivity contribution >= 4 is 5.91 Å². The molecule has 0 spiro atoms. The fraction of sp³-hybridized carbons (Fsp3) is 0.333. The molecule has 1 aromatic heterocycles. The second kappa shape index (κ2) is 5.36. The van der Waals surface area contributed by atoms with Gasteiger partial charge in [0.25, 0.3) is 12.3 Å². The van der Waals surface area contributed by atoms with Gasteiger partial charge < -0.3 is 15.4 Å². The topological polar surface area (TPSA) is 82.2 Å². The van der Waals surface area contributed by atoms with Gasteiger partial charge in [0.15, 0.2) is 0 Å². The van der Waals surface area contributed by atoms with Crippen LogP contribution in [-0.2, 0) is 0 Å². The van der Waals surface area contributed by atoms with Crippen LogP contribution in [0.3, 0.4) is 0 Å². The van der Waals surface area contributed by atoms with Crippen molar-refractivity contribution in [1.82, 2.24) is 10.3 Å². The Morgan fingerprint density at radius 2 is 2.19 bits per heavy atom. The lowest BCUT2D eigenvalue weighted by molar-refractivity contribution is -0.00272. The number of alkyl halides is 2. The quantitative estimate of drug-likeness (QED) is 0.668. The Labute approximate surface area is 89.1 Å². The number of pyridine rings is 1. The lowest BCUT2D eigenvalue weighted by Crippen LogP contribution is -2.36. The second-order valence-electron chi connectivity index (χ2n) is 3.04. The molecule has 1 rings (SSSR count). The van der Waals surface area contributed by atoms with E-state index in [-0.39, 0.29) is 5.69 Å². The van der Waals surface area contributed by atoms with Crippen LogP contribution in [0.4, 0.5) is 8.78 Å². The molecule has 0 aromatic carbocycles. The summed E-state index contributed by atoms with van der Waals surface area (Å²) >= 11 is 0. The van der Waals surface area contributed by atoms with E-state index >= 15 is 0 Å². The van der Waals surface area contributed by atoms with Crippen LogP contribution in [0.1, 0.15) is 10.5 Å². The van der Waals surface area contributed by atoms with Crippen LogP contribution in [0.15, 0.2) is 23.0 Å². The zero-order valence-electron chi connectivity index (χ0n) is 8.11. The van der Waals surface area contributed by atoms with E-state index in [1.54, 1.807) is 0 Å². The van der Waals surface area contributed by atoms with Crippen LogP contribution in [-0.4, -0.2) is 35.1 Å². The Balaban J connectivity index is 2.57. The molecular weight excluding hydrogens is 222 g/mol. The lowest BCUT2D eigenvalue weighted by atomic mass is 10.3. The Morgan fingerprint density at radius 3 is 2.75 bits per heavy atom. The molecule has 1 amide bonds. The van der Waals surface area contributed by atoms with Gasteiger partial charge in [-0.3, -0.25) is 9.59 Å². The molecule has 0 radical (unpaired) electrons. The number of carbonyl (C=O) groups excluding carboxylic acids is 1. The van der Waals surface area contributed by atoms with Crippen molar-refractivity contribution in [3.05, 3.63) is 34.2 Å². The summed E-state index contributed by atoms with van der Waals surface area (Å²) in [5, 5.41) is 10.8. The number of aromatic nitrogens is 1. The molecule has 1 atom stereocenters. The number of halogens is 2. The smallest absolute Gasteiger partial charge is 0.267 e. The average Bonchev–Trinajstić information content (AvgIpc) is 2.25. The summed E-state index contributed by atoms with van der Waals surface area (Å²) < 4.78 is 23.8. The van der Waals surface area contributed by atoms with Gasteiger partial charge in [-0.1, -0.05) is 6.07 Å². The summed E-state index contributed by atoms with van der Waals surface area (Å²) in [5.41, 5.74) is -0.518. The van der Waals surface area contributed by atoms with Gasteiger partial charge in [-0.15, -0.1) is 0 Å². The molecule has 88 valence electrons. The summed E-state index contributed by atoms with van der Waals surface area (Å²) in [4.78, 5) is 24.3. The molecule has 0 aliphatic heterocycles. The first kappa shape index (κ1) is 12.3. The largest absolute Gasteiger partial charge is 0.385 e. The van der Waals surface area contributed by atoms with Crippen molar-refractivity contribution in [3.8, 4) is 0 Å². The fourth-order valence-corrected chi connectivity index (χ4v) is 0.962. The third kappa shape index (κ3) is 3.43. The predicted octanol–water partition coefficient (Wildman–Crippen LogP) is -0.269. The molecule has 0 saturated carbocycles. The van der Waals surface area contributed by atoms with Crippen LogP contribution < -0.4 is 10.9 Å². The van der Waals surface area contributed by atoms with E-state index in [0.717, 1.165) is 0 Å². The van der Waals surface area contributed by atoms with E-state index in [4.69, 9.17) is 5.11 Å². The van der Waals surface area contributed by atoms with Gasteiger partial charge in [-0.05, 0) is 6.07 Å². The molecule has 0 fully saturated rings. The number of hydrogen-bond acceptors (Lipinski definition) is 3. The Hall–Kier alpha value is -1.76. The zero-order chi connectivity index (χ0) is 12.1. The molecule has 1 heterocycles. The Morgan fingerprint density at radius 1 is 1.50 bits per heavy atom. The van der Waals surface area contributed by atoms with Crippen molar-refractivity contribution in [1.29, 1.82) is 0 Å². The van der Waals surface area contributed by atoms with Crippen molar-refractivity contribution < 1.29 is 18.7 Å². The molecule has 0 saturated heterocycles. The Kier molecular flexibility index (Phi) is 4.12. The van der Waals surface area contributed by atoms with Crippen LogP contribution in [0.25, 0.3) is 0 Å². The highest BCUT2D eigenvalue weighted by atomic mass is 19.3. The van der Waals surface area contributed by atoms with Crippen molar-refractivity contribution in [2.24, 2.45) is 0 Å². The number of aliphatic hydroxyl groups is 1. The minimum absolute atomic E-state index is 0.0473. The monoisotopic (exact) mass is 232 g/mol. The van der Waals surface area contributed by atoms with Crippen LogP contribution in [0.5, 0.6) is 0 Å². The Bertz CT molecular complexity index is 419. The number of carbonyl (C=O) groups is 1. The number of hydrogen-bond donors (Lipinski definition) is 3. The molecule has 0 bridgehead atoms. The summed E-state index contributed by atoms with van der Waals surface area (Å²) in [6.45, 7) is -0.576. The van der Waals surface area contributed by atoms with Crippen LogP contribution in [0, 0.1) is 0 Å². The van der Waals surface area contributed by atoms with Crippen LogP contribution in [0.2, 0.25) is 0 Å². The van der Waals surface area contributed by atoms with Crippen molar-refractivity contribution in [3.63, 3.8) is 0 Å². The highest BCUT2D eigenvalue weighted by Crippen LogP contribution is 1.99. The third-order valence-corrected chi connectivity index (χ3v) is 1.78. The molecular formula is C9H10F2N2O3. The van der Waals surface area contributed by atoms with Crippen LogP contribution >= 0.6 is 0 Å². The molecule has 5 nitrogen and oxygen atoms in total. The van der Waals surface area contributed by atoms with Crippen molar-refractivity contribution in [2.75, 3.05) is 6.54 Å². The first-order valence-corrected chi connectivity index (χ1v) is 4.44. The summed E-state index contributed by atoms with van der Waals surface area (Å²) in [6.07, 6.45) is -4.84. The first-order valence-electron chi connectivity index (χ1n) is 4.44. The number of rotatable bonds is 4. The fourth-order valence-electron chi connectivity index (χ4n) is 0.962. The van der Waals surface area contributed by atoms with E-state index in [2.05, 4.69) is 10.3 Å². The van der Waals surface area contributed by atoms with Gasteiger partial charge in [0, 0.05) is 12.6 Å².